The van der Waals surface area contributed by atoms with Gasteiger partial charge in [-0.2, -0.15) is 0 Å². The number of amides is 1. The molecule has 1 atom stereocenters. The SMILES string of the molecule is CC(C)COC(=O)NC(CO)Cc1ccc(-c2ccccc2)cc1. The van der Waals surface area contributed by atoms with E-state index < -0.39 is 6.09 Å². The molecule has 0 saturated heterocycles. The first-order valence-electron chi connectivity index (χ1n) is 8.27. The second-order valence-electron chi connectivity index (χ2n) is 6.28. The molecule has 0 aliphatic carbocycles. The number of hydrogen-bond acceptors (Lipinski definition) is 3. The molecule has 0 fully saturated rings. The lowest BCUT2D eigenvalue weighted by atomic mass is 10.0. The van der Waals surface area contributed by atoms with Crippen LogP contribution in [0.3, 0.4) is 0 Å². The second-order valence-corrected chi connectivity index (χ2v) is 6.28. The average molecular weight is 327 g/mol. The number of hydrogen-bond donors (Lipinski definition) is 2. The zero-order valence-corrected chi connectivity index (χ0v) is 14.2. The van der Waals surface area contributed by atoms with Crippen LogP contribution in [0.2, 0.25) is 0 Å². The Hall–Kier alpha value is -2.33. The monoisotopic (exact) mass is 327 g/mol. The number of aliphatic hydroxyl groups is 1. The van der Waals surface area contributed by atoms with Crippen LogP contribution in [0.5, 0.6) is 0 Å². The Kier molecular flexibility index (Phi) is 6.82. The molecule has 4 nitrogen and oxygen atoms in total. The molecule has 0 saturated carbocycles. The first-order valence-corrected chi connectivity index (χ1v) is 8.27. The summed E-state index contributed by atoms with van der Waals surface area (Å²) < 4.78 is 5.09. The Balaban J connectivity index is 1.92. The van der Waals surface area contributed by atoms with Gasteiger partial charge in [0.05, 0.1) is 19.3 Å². The molecule has 0 aliphatic rings. The van der Waals surface area contributed by atoms with Crippen molar-refractivity contribution in [2.75, 3.05) is 13.2 Å². The molecule has 0 radical (unpaired) electrons. The molecule has 0 bridgehead atoms. The van der Waals surface area contributed by atoms with E-state index in [0.29, 0.717) is 13.0 Å². The molecule has 1 amide bonds. The van der Waals surface area contributed by atoms with Crippen LogP contribution in [0.25, 0.3) is 11.1 Å². The van der Waals surface area contributed by atoms with Crippen molar-refractivity contribution < 1.29 is 14.6 Å². The van der Waals surface area contributed by atoms with Crippen molar-refractivity contribution >= 4 is 6.09 Å². The molecule has 2 aromatic carbocycles. The van der Waals surface area contributed by atoms with E-state index in [9.17, 15) is 9.90 Å². The summed E-state index contributed by atoms with van der Waals surface area (Å²) in [5.74, 6) is 0.286. The van der Waals surface area contributed by atoms with E-state index in [1.54, 1.807) is 0 Å². The number of rotatable bonds is 7. The van der Waals surface area contributed by atoms with E-state index in [4.69, 9.17) is 4.74 Å². The van der Waals surface area contributed by atoms with Crippen LogP contribution in [0, 0.1) is 5.92 Å². The van der Waals surface area contributed by atoms with Gasteiger partial charge >= 0.3 is 6.09 Å². The lowest BCUT2D eigenvalue weighted by Gasteiger charge is -2.17. The average Bonchev–Trinajstić information content (AvgIpc) is 2.60. The van der Waals surface area contributed by atoms with Crippen molar-refractivity contribution in [1.82, 2.24) is 5.32 Å². The van der Waals surface area contributed by atoms with Crippen molar-refractivity contribution in [1.29, 1.82) is 0 Å². The highest BCUT2D eigenvalue weighted by Gasteiger charge is 2.13. The Labute approximate surface area is 143 Å². The summed E-state index contributed by atoms with van der Waals surface area (Å²) in [5.41, 5.74) is 3.36. The summed E-state index contributed by atoms with van der Waals surface area (Å²) in [7, 11) is 0. The zero-order chi connectivity index (χ0) is 17.4. The molecule has 24 heavy (non-hydrogen) atoms. The van der Waals surface area contributed by atoms with Gasteiger partial charge in [-0.05, 0) is 29.0 Å². The summed E-state index contributed by atoms with van der Waals surface area (Å²) in [5, 5.41) is 12.2. The maximum absolute atomic E-state index is 11.7. The largest absolute Gasteiger partial charge is 0.449 e. The van der Waals surface area contributed by atoms with Crippen LogP contribution < -0.4 is 5.32 Å². The quantitative estimate of drug-likeness (QED) is 0.816. The van der Waals surface area contributed by atoms with Crippen LogP contribution in [0.15, 0.2) is 54.6 Å². The standard InChI is InChI=1S/C20H25NO3/c1-15(2)14-24-20(23)21-19(13-22)12-16-8-10-18(11-9-16)17-6-4-3-5-7-17/h3-11,15,19,22H,12-14H2,1-2H3,(H,21,23). The number of aliphatic hydroxyl groups excluding tert-OH is 1. The highest BCUT2D eigenvalue weighted by Crippen LogP contribution is 2.19. The molecule has 0 aromatic heterocycles. The van der Waals surface area contributed by atoms with Crippen LogP contribution in [-0.4, -0.2) is 30.5 Å². The molecule has 128 valence electrons. The van der Waals surface area contributed by atoms with Gasteiger partial charge in [0.25, 0.3) is 0 Å². The smallest absolute Gasteiger partial charge is 0.407 e. The van der Waals surface area contributed by atoms with E-state index in [1.165, 1.54) is 0 Å². The summed E-state index contributed by atoms with van der Waals surface area (Å²) in [6.07, 6.45) is 0.0752. The van der Waals surface area contributed by atoms with Gasteiger partial charge in [-0.3, -0.25) is 0 Å². The molecule has 2 aromatic rings. The molecular weight excluding hydrogens is 302 g/mol. The van der Waals surface area contributed by atoms with Crippen LogP contribution in [-0.2, 0) is 11.2 Å². The molecule has 2 rings (SSSR count). The number of carbonyl (C=O) groups is 1. The van der Waals surface area contributed by atoms with Gasteiger partial charge in [0.2, 0.25) is 0 Å². The van der Waals surface area contributed by atoms with Crippen molar-refractivity contribution in [2.45, 2.75) is 26.3 Å². The van der Waals surface area contributed by atoms with Gasteiger partial charge < -0.3 is 15.2 Å². The minimum Gasteiger partial charge on any atom is -0.449 e. The fraction of sp³-hybridized carbons (Fsp3) is 0.350. The molecule has 2 N–H and O–H groups in total. The predicted octanol–water partition coefficient (Wildman–Crippen LogP) is 3.64. The Morgan fingerprint density at radius 1 is 1.04 bits per heavy atom. The number of carbonyl (C=O) groups excluding carboxylic acids is 1. The summed E-state index contributed by atoms with van der Waals surface area (Å²) in [4.78, 5) is 11.7. The van der Waals surface area contributed by atoms with E-state index >= 15 is 0 Å². The molecule has 0 aliphatic heterocycles. The molecular formula is C20H25NO3. The van der Waals surface area contributed by atoms with Gasteiger partial charge in [0, 0.05) is 0 Å². The van der Waals surface area contributed by atoms with Crippen molar-refractivity contribution in [3.8, 4) is 11.1 Å². The number of nitrogens with one attached hydrogen (secondary N) is 1. The fourth-order valence-electron chi connectivity index (χ4n) is 2.36. The fourth-order valence-corrected chi connectivity index (χ4v) is 2.36. The van der Waals surface area contributed by atoms with Crippen LogP contribution in [0.4, 0.5) is 4.79 Å². The molecule has 1 unspecified atom stereocenters. The molecule has 0 heterocycles. The Bertz CT molecular complexity index is 623. The topological polar surface area (TPSA) is 58.6 Å². The Morgan fingerprint density at radius 3 is 2.25 bits per heavy atom. The summed E-state index contributed by atoms with van der Waals surface area (Å²) in [6, 6.07) is 17.9. The van der Waals surface area contributed by atoms with Gasteiger partial charge in [-0.25, -0.2) is 4.79 Å². The van der Waals surface area contributed by atoms with Crippen molar-refractivity contribution in [2.24, 2.45) is 5.92 Å². The van der Waals surface area contributed by atoms with E-state index in [2.05, 4.69) is 29.6 Å². The predicted molar refractivity (Wildman–Crippen MR) is 95.8 cm³/mol. The highest BCUT2D eigenvalue weighted by molar-refractivity contribution is 5.67. The van der Waals surface area contributed by atoms with Crippen molar-refractivity contribution in [3.05, 3.63) is 60.2 Å². The number of ether oxygens (including phenoxy) is 1. The Morgan fingerprint density at radius 2 is 1.67 bits per heavy atom. The van der Waals surface area contributed by atoms with Crippen molar-refractivity contribution in [3.63, 3.8) is 0 Å². The van der Waals surface area contributed by atoms with Crippen LogP contribution in [0.1, 0.15) is 19.4 Å². The zero-order valence-electron chi connectivity index (χ0n) is 14.2. The third kappa shape index (κ3) is 5.70. The van der Waals surface area contributed by atoms with Gasteiger partial charge in [-0.15, -0.1) is 0 Å². The van der Waals surface area contributed by atoms with E-state index in [1.807, 2.05) is 44.2 Å². The summed E-state index contributed by atoms with van der Waals surface area (Å²) in [6.45, 7) is 4.20. The number of alkyl carbamates (subject to hydrolysis) is 1. The minimum atomic E-state index is -0.483. The summed E-state index contributed by atoms with van der Waals surface area (Å²) >= 11 is 0. The maximum atomic E-state index is 11.7. The first-order chi connectivity index (χ1) is 11.6. The number of benzene rings is 2. The van der Waals surface area contributed by atoms with Gasteiger partial charge in [-0.1, -0.05) is 68.4 Å². The second kappa shape index (κ2) is 9.08. The first kappa shape index (κ1) is 18.0. The van der Waals surface area contributed by atoms with Gasteiger partial charge in [0.15, 0.2) is 0 Å². The lowest BCUT2D eigenvalue weighted by molar-refractivity contribution is 0.123. The molecule has 0 spiro atoms. The highest BCUT2D eigenvalue weighted by atomic mass is 16.5. The van der Waals surface area contributed by atoms with Gasteiger partial charge in [0.1, 0.15) is 0 Å². The normalized spacial score (nSPS) is 12.0. The third-order valence-electron chi connectivity index (χ3n) is 3.63. The lowest BCUT2D eigenvalue weighted by Crippen LogP contribution is -2.39. The van der Waals surface area contributed by atoms with Crippen LogP contribution >= 0.6 is 0 Å². The third-order valence-corrected chi connectivity index (χ3v) is 3.63. The van der Waals surface area contributed by atoms with E-state index in [0.717, 1.165) is 16.7 Å². The minimum absolute atomic E-state index is 0.128. The van der Waals surface area contributed by atoms with E-state index in [-0.39, 0.29) is 18.6 Å². The molecule has 4 heteroatoms. The maximum Gasteiger partial charge on any atom is 0.407 e.